The topological polar surface area (TPSA) is 92.6 Å². The van der Waals surface area contributed by atoms with Crippen molar-refractivity contribution in [3.05, 3.63) is 29.6 Å². The van der Waals surface area contributed by atoms with Gasteiger partial charge in [0.15, 0.2) is 5.84 Å². The minimum Gasteiger partial charge on any atom is -0.492 e. The number of ether oxygens (including phenoxy) is 3. The number of carbonyl (C=O) groups is 1. The summed E-state index contributed by atoms with van der Waals surface area (Å²) < 4.78 is 31.4. The third kappa shape index (κ3) is 7.65. The third-order valence-corrected chi connectivity index (χ3v) is 6.31. The van der Waals surface area contributed by atoms with Gasteiger partial charge in [0, 0.05) is 26.2 Å². The number of esters is 1. The maximum absolute atomic E-state index is 14.6. The maximum Gasteiger partial charge on any atom is 0.310 e. The lowest BCUT2D eigenvalue weighted by molar-refractivity contribution is -0.158. The molecule has 2 heterocycles. The third-order valence-electron chi connectivity index (χ3n) is 6.31. The van der Waals surface area contributed by atoms with Crippen molar-refractivity contribution >= 4 is 11.8 Å². The summed E-state index contributed by atoms with van der Waals surface area (Å²) in [7, 11) is 0. The number of amidine groups is 1. The van der Waals surface area contributed by atoms with Crippen LogP contribution in [0.5, 0.6) is 5.75 Å². The van der Waals surface area contributed by atoms with Gasteiger partial charge in [-0.2, -0.15) is 0 Å². The van der Waals surface area contributed by atoms with Crippen LogP contribution in [0.15, 0.2) is 23.2 Å². The van der Waals surface area contributed by atoms with E-state index < -0.39 is 5.82 Å². The molecule has 0 aromatic heterocycles. The average Bonchev–Trinajstić information content (AvgIpc) is 2.83. The lowest BCUT2D eigenvalue weighted by atomic mass is 9.96. The fourth-order valence-electron chi connectivity index (χ4n) is 4.28. The second-order valence-electron chi connectivity index (χ2n) is 9.68. The molecule has 2 aliphatic heterocycles. The zero-order valence-electron chi connectivity index (χ0n) is 20.5. The smallest absolute Gasteiger partial charge is 0.310 e. The molecule has 34 heavy (non-hydrogen) atoms. The first-order valence-corrected chi connectivity index (χ1v) is 12.2. The second kappa shape index (κ2) is 13.0. The van der Waals surface area contributed by atoms with Crippen LogP contribution in [0.3, 0.4) is 0 Å². The highest BCUT2D eigenvalue weighted by atomic mass is 19.1. The number of carbonyl (C=O) groups excluding carboxylic acids is 1. The van der Waals surface area contributed by atoms with Crippen LogP contribution < -0.4 is 10.2 Å². The van der Waals surface area contributed by atoms with Gasteiger partial charge in [-0.3, -0.25) is 25.4 Å². The molecule has 0 bridgehead atoms. The SMILES string of the molecule is CC(C)COc1cccc(F)c1C(=NCC1CCN(COC(=O)C2CCOC(C)C2)CC1)NO. The van der Waals surface area contributed by atoms with Gasteiger partial charge in [0.1, 0.15) is 18.3 Å². The molecular weight excluding hydrogens is 441 g/mol. The van der Waals surface area contributed by atoms with Crippen LogP contribution in [0.2, 0.25) is 0 Å². The predicted octanol–water partition coefficient (Wildman–Crippen LogP) is 3.61. The van der Waals surface area contributed by atoms with Crippen LogP contribution >= 0.6 is 0 Å². The highest BCUT2D eigenvalue weighted by molar-refractivity contribution is 6.00. The summed E-state index contributed by atoms with van der Waals surface area (Å²) in [6.07, 6.45) is 3.29. The van der Waals surface area contributed by atoms with Crippen LogP contribution in [-0.2, 0) is 14.3 Å². The van der Waals surface area contributed by atoms with E-state index in [2.05, 4.69) is 15.4 Å². The molecule has 0 aliphatic carbocycles. The van der Waals surface area contributed by atoms with Crippen LogP contribution in [0.25, 0.3) is 0 Å². The molecule has 1 aromatic rings. The molecule has 2 N–H and O–H groups in total. The number of rotatable bonds is 9. The largest absolute Gasteiger partial charge is 0.492 e. The van der Waals surface area contributed by atoms with Gasteiger partial charge in [-0.15, -0.1) is 0 Å². The van der Waals surface area contributed by atoms with Crippen molar-refractivity contribution in [3.63, 3.8) is 0 Å². The molecule has 1 aromatic carbocycles. The summed E-state index contributed by atoms with van der Waals surface area (Å²) in [5.74, 6) is 0.274. The Morgan fingerprint density at radius 1 is 1.32 bits per heavy atom. The summed E-state index contributed by atoms with van der Waals surface area (Å²) in [6.45, 7) is 9.39. The standard InChI is InChI=1S/C25H38FN3O5/c1-17(2)15-33-22-6-4-5-21(26)23(22)24(28-31)27-14-19-7-10-29(11-8-19)16-34-25(30)20-9-12-32-18(3)13-20/h4-6,17-20,31H,7-16H2,1-3H3,(H,27,28). The molecule has 9 heteroatoms. The van der Waals surface area contributed by atoms with Gasteiger partial charge in [-0.05, 0) is 56.6 Å². The predicted molar refractivity (Wildman–Crippen MR) is 126 cm³/mol. The Hall–Kier alpha value is -2.23. The van der Waals surface area contributed by atoms with Crippen LogP contribution in [-0.4, -0.2) is 67.6 Å². The first kappa shape index (κ1) is 26.4. The van der Waals surface area contributed by atoms with E-state index in [1.54, 1.807) is 12.1 Å². The number of benzene rings is 1. The minimum atomic E-state index is -0.503. The zero-order chi connectivity index (χ0) is 24.5. The van der Waals surface area contributed by atoms with Gasteiger partial charge in [0.25, 0.3) is 0 Å². The number of piperidine rings is 1. The van der Waals surface area contributed by atoms with Crippen molar-refractivity contribution in [1.82, 2.24) is 10.4 Å². The van der Waals surface area contributed by atoms with Crippen LogP contribution in [0.4, 0.5) is 4.39 Å². The molecule has 2 aliphatic rings. The Bertz CT molecular complexity index is 827. The number of aliphatic imine (C=N–C) groups is 1. The normalized spacial score (nSPS) is 22.6. The van der Waals surface area contributed by atoms with Gasteiger partial charge in [0.2, 0.25) is 0 Å². The van der Waals surface area contributed by atoms with Crippen molar-refractivity contribution in [2.24, 2.45) is 22.7 Å². The zero-order valence-corrected chi connectivity index (χ0v) is 20.5. The molecule has 0 radical (unpaired) electrons. The van der Waals surface area contributed by atoms with Crippen LogP contribution in [0, 0.1) is 23.6 Å². The lowest BCUT2D eigenvalue weighted by Crippen LogP contribution is -2.38. The quantitative estimate of drug-likeness (QED) is 0.242. The molecule has 8 nitrogen and oxygen atoms in total. The van der Waals surface area contributed by atoms with Gasteiger partial charge in [0.05, 0.1) is 24.2 Å². The van der Waals surface area contributed by atoms with Gasteiger partial charge < -0.3 is 14.2 Å². The van der Waals surface area contributed by atoms with E-state index >= 15 is 0 Å². The van der Waals surface area contributed by atoms with Crippen molar-refractivity contribution in [3.8, 4) is 5.75 Å². The monoisotopic (exact) mass is 479 g/mol. The summed E-state index contributed by atoms with van der Waals surface area (Å²) in [5, 5.41) is 9.66. The average molecular weight is 480 g/mol. The van der Waals surface area contributed by atoms with Crippen molar-refractivity contribution in [2.75, 3.05) is 39.6 Å². The molecule has 2 saturated heterocycles. The Morgan fingerprint density at radius 2 is 2.09 bits per heavy atom. The number of nitrogens with one attached hydrogen (secondary N) is 1. The lowest BCUT2D eigenvalue weighted by Gasteiger charge is -2.32. The molecule has 2 unspecified atom stereocenters. The number of halogens is 1. The Morgan fingerprint density at radius 3 is 2.76 bits per heavy atom. The minimum absolute atomic E-state index is 0.0684. The molecule has 0 spiro atoms. The maximum atomic E-state index is 14.6. The fraction of sp³-hybridized carbons (Fsp3) is 0.680. The number of hydroxylamine groups is 1. The van der Waals surface area contributed by atoms with E-state index in [1.165, 1.54) is 6.07 Å². The summed E-state index contributed by atoms with van der Waals surface area (Å²) >= 11 is 0. The molecule has 190 valence electrons. The number of hydrogen-bond acceptors (Lipinski definition) is 7. The first-order chi connectivity index (χ1) is 16.4. The highest BCUT2D eigenvalue weighted by Crippen LogP contribution is 2.24. The summed E-state index contributed by atoms with van der Waals surface area (Å²) in [4.78, 5) is 18.9. The summed E-state index contributed by atoms with van der Waals surface area (Å²) in [5.41, 5.74) is 2.19. The van der Waals surface area contributed by atoms with E-state index in [4.69, 9.17) is 14.2 Å². The Balaban J connectivity index is 1.49. The first-order valence-electron chi connectivity index (χ1n) is 12.2. The summed E-state index contributed by atoms with van der Waals surface area (Å²) in [6, 6.07) is 4.58. The molecule has 0 saturated carbocycles. The Kier molecular flexibility index (Phi) is 10.1. The molecule has 3 rings (SSSR count). The highest BCUT2D eigenvalue weighted by Gasteiger charge is 2.28. The number of likely N-dealkylation sites (tertiary alicyclic amines) is 1. The van der Waals surface area contributed by atoms with Crippen molar-refractivity contribution < 1.29 is 28.6 Å². The van der Waals surface area contributed by atoms with Gasteiger partial charge in [-0.25, -0.2) is 4.39 Å². The van der Waals surface area contributed by atoms with Crippen molar-refractivity contribution in [2.45, 2.75) is 52.6 Å². The second-order valence-corrected chi connectivity index (χ2v) is 9.68. The number of hydrogen-bond donors (Lipinski definition) is 2. The van der Waals surface area contributed by atoms with E-state index in [1.807, 2.05) is 20.8 Å². The van der Waals surface area contributed by atoms with E-state index in [0.717, 1.165) is 32.4 Å². The van der Waals surface area contributed by atoms with Gasteiger partial charge >= 0.3 is 5.97 Å². The molecular formula is C25H38FN3O5. The Labute approximate surface area is 201 Å². The number of nitrogens with zero attached hydrogens (tertiary/aromatic N) is 2. The molecule has 0 amide bonds. The van der Waals surface area contributed by atoms with E-state index in [0.29, 0.717) is 44.6 Å². The molecule has 2 atom stereocenters. The van der Waals surface area contributed by atoms with Gasteiger partial charge in [-0.1, -0.05) is 19.9 Å². The molecule has 2 fully saturated rings. The van der Waals surface area contributed by atoms with Crippen molar-refractivity contribution in [1.29, 1.82) is 0 Å². The fourth-order valence-corrected chi connectivity index (χ4v) is 4.28. The van der Waals surface area contributed by atoms with E-state index in [-0.39, 0.29) is 35.3 Å². The van der Waals surface area contributed by atoms with E-state index in [9.17, 15) is 14.4 Å². The van der Waals surface area contributed by atoms with Crippen LogP contribution in [0.1, 0.15) is 52.0 Å².